The number of hydrogen-bond acceptors (Lipinski definition) is 9. The average Bonchev–Trinajstić information content (AvgIpc) is 3.92. The predicted octanol–water partition coefficient (Wildman–Crippen LogP) is 8.93. The molecule has 0 saturated carbocycles. The van der Waals surface area contributed by atoms with Crippen molar-refractivity contribution in [2.75, 3.05) is 61.7 Å². The van der Waals surface area contributed by atoms with Crippen LogP contribution in [-0.2, 0) is 24.5 Å². The number of alkyl halides is 1. The number of rotatable bonds is 14. The van der Waals surface area contributed by atoms with Crippen LogP contribution in [0.25, 0.3) is 33.7 Å². The molecule has 320 valence electrons. The van der Waals surface area contributed by atoms with Gasteiger partial charge < -0.3 is 34.2 Å². The smallest absolute Gasteiger partial charge is 0.251 e. The van der Waals surface area contributed by atoms with Gasteiger partial charge in [-0.2, -0.15) is 12.6 Å². The molecule has 0 aliphatic carbocycles. The maximum absolute atomic E-state index is 14.0. The molecule has 1 saturated heterocycles. The third kappa shape index (κ3) is 8.50. The van der Waals surface area contributed by atoms with Crippen LogP contribution in [0.15, 0.2) is 103 Å². The predicted molar refractivity (Wildman–Crippen MR) is 248 cm³/mol. The summed E-state index contributed by atoms with van der Waals surface area (Å²) in [6, 6.07) is 23.8. The second kappa shape index (κ2) is 18.5. The molecular formula is C48H45Cl2N3O8S. The highest BCUT2D eigenvalue weighted by atomic mass is 35.5. The van der Waals surface area contributed by atoms with Crippen molar-refractivity contribution in [3.8, 4) is 17.2 Å². The molecule has 5 aromatic carbocycles. The number of phenolic OH excluding ortho intramolecular Hbond substituents is 1. The van der Waals surface area contributed by atoms with E-state index in [2.05, 4.69) is 12.6 Å². The van der Waals surface area contributed by atoms with E-state index in [1.165, 1.54) is 17.7 Å². The molecule has 62 heavy (non-hydrogen) atoms. The van der Waals surface area contributed by atoms with Gasteiger partial charge in [-0.1, -0.05) is 85.3 Å². The minimum atomic E-state index is -0.561. The molecule has 1 fully saturated rings. The number of aromatic hydroxyl groups is 1. The molecule has 0 aromatic heterocycles. The SMILES string of the molecule is CC1(CCl)CN(C(=O)/C=C/c2ccc(/C=C/C(=O)N3CC(/C=C/Cl)c4c3cc(O)c3ccccc43)c(OCCOCCN3CC(S)CC3=O)c2)c2cc(OO)c3ccccc3c21. The van der Waals surface area contributed by atoms with Gasteiger partial charge in [0.2, 0.25) is 5.91 Å². The van der Waals surface area contributed by atoms with E-state index in [-0.39, 0.29) is 59.5 Å². The van der Waals surface area contributed by atoms with E-state index in [0.717, 1.165) is 21.9 Å². The van der Waals surface area contributed by atoms with E-state index >= 15 is 0 Å². The zero-order valence-electron chi connectivity index (χ0n) is 33.9. The fraction of sp³-hybridized carbons (Fsp3) is 0.271. The Morgan fingerprint density at radius 1 is 0.871 bits per heavy atom. The summed E-state index contributed by atoms with van der Waals surface area (Å²) in [5.74, 6) is 0.316. The molecule has 3 unspecified atom stereocenters. The van der Waals surface area contributed by atoms with Gasteiger partial charge in [0.05, 0.1) is 24.6 Å². The summed E-state index contributed by atoms with van der Waals surface area (Å²) in [7, 11) is 0. The zero-order chi connectivity index (χ0) is 43.5. The molecule has 5 aromatic rings. The number of hydrogen-bond donors (Lipinski definition) is 3. The van der Waals surface area contributed by atoms with E-state index in [9.17, 15) is 24.7 Å². The molecule has 11 nitrogen and oxygen atoms in total. The fourth-order valence-electron chi connectivity index (χ4n) is 8.77. The van der Waals surface area contributed by atoms with Crippen LogP contribution < -0.4 is 19.4 Å². The van der Waals surface area contributed by atoms with E-state index in [0.29, 0.717) is 78.2 Å². The Morgan fingerprint density at radius 2 is 1.60 bits per heavy atom. The van der Waals surface area contributed by atoms with Crippen molar-refractivity contribution in [3.63, 3.8) is 0 Å². The summed E-state index contributed by atoms with van der Waals surface area (Å²) in [4.78, 5) is 49.8. The Balaban J connectivity index is 1.04. The van der Waals surface area contributed by atoms with Crippen molar-refractivity contribution in [3.05, 3.63) is 125 Å². The van der Waals surface area contributed by atoms with Crippen molar-refractivity contribution < 1.29 is 39.1 Å². The van der Waals surface area contributed by atoms with E-state index in [1.54, 1.807) is 51.1 Å². The molecular weight excluding hydrogens is 850 g/mol. The van der Waals surface area contributed by atoms with Gasteiger partial charge in [-0.3, -0.25) is 14.4 Å². The van der Waals surface area contributed by atoms with Crippen molar-refractivity contribution in [2.45, 2.75) is 29.9 Å². The van der Waals surface area contributed by atoms with Gasteiger partial charge >= 0.3 is 0 Å². The van der Waals surface area contributed by atoms with Gasteiger partial charge in [0.15, 0.2) is 5.75 Å². The highest BCUT2D eigenvalue weighted by Crippen LogP contribution is 2.49. The summed E-state index contributed by atoms with van der Waals surface area (Å²) in [5.41, 5.74) is 5.18. The summed E-state index contributed by atoms with van der Waals surface area (Å²) >= 11 is 17.0. The number of likely N-dealkylation sites (tertiary alicyclic amines) is 1. The number of amides is 3. The lowest BCUT2D eigenvalue weighted by atomic mass is 9.83. The van der Waals surface area contributed by atoms with E-state index < -0.39 is 5.41 Å². The first-order valence-corrected chi connectivity index (χ1v) is 21.8. The van der Waals surface area contributed by atoms with Crippen molar-refractivity contribution in [1.82, 2.24) is 4.90 Å². The molecule has 14 heteroatoms. The van der Waals surface area contributed by atoms with E-state index in [4.69, 9.17) is 37.6 Å². The number of carbonyl (C=O) groups excluding carboxylic acids is 3. The monoisotopic (exact) mass is 893 g/mol. The molecule has 3 atom stereocenters. The Hall–Kier alpha value is -5.50. The maximum atomic E-state index is 14.0. The summed E-state index contributed by atoms with van der Waals surface area (Å²) in [5, 5.41) is 23.8. The third-order valence-electron chi connectivity index (χ3n) is 11.7. The Kier molecular flexibility index (Phi) is 12.9. The quantitative estimate of drug-likeness (QED) is 0.0252. The topological polar surface area (TPSA) is 129 Å². The Labute approximate surface area is 374 Å². The van der Waals surface area contributed by atoms with Crippen molar-refractivity contribution in [2.24, 2.45) is 0 Å². The van der Waals surface area contributed by atoms with Gasteiger partial charge in [0.25, 0.3) is 11.8 Å². The number of nitrogens with zero attached hydrogens (tertiary/aromatic N) is 3. The van der Waals surface area contributed by atoms with Crippen LogP contribution in [0, 0.1) is 0 Å². The van der Waals surface area contributed by atoms with Crippen LogP contribution in [0.4, 0.5) is 11.4 Å². The number of fused-ring (bicyclic) bond motifs is 6. The molecule has 3 aliphatic rings. The van der Waals surface area contributed by atoms with Gasteiger partial charge in [-0.25, -0.2) is 5.26 Å². The van der Waals surface area contributed by atoms with Crippen LogP contribution >= 0.6 is 35.8 Å². The van der Waals surface area contributed by atoms with Crippen LogP contribution in [0.3, 0.4) is 0 Å². The van der Waals surface area contributed by atoms with Gasteiger partial charge in [-0.15, -0.1) is 11.6 Å². The van der Waals surface area contributed by atoms with Crippen molar-refractivity contribution >= 4 is 98.6 Å². The van der Waals surface area contributed by atoms with Crippen LogP contribution in [0.2, 0.25) is 0 Å². The number of halogens is 2. The lowest BCUT2D eigenvalue weighted by Crippen LogP contribution is -2.35. The minimum absolute atomic E-state index is 0.0306. The number of phenols is 1. The summed E-state index contributed by atoms with van der Waals surface area (Å²) < 4.78 is 12.1. The van der Waals surface area contributed by atoms with Crippen LogP contribution in [-0.4, -0.2) is 90.1 Å². The molecule has 0 bridgehead atoms. The molecule has 3 amide bonds. The highest BCUT2D eigenvalue weighted by molar-refractivity contribution is 7.81. The first-order valence-electron chi connectivity index (χ1n) is 20.3. The second-order valence-electron chi connectivity index (χ2n) is 15.9. The fourth-order valence-corrected chi connectivity index (χ4v) is 9.51. The third-order valence-corrected chi connectivity index (χ3v) is 12.8. The Morgan fingerprint density at radius 3 is 2.32 bits per heavy atom. The standard InChI is InChI=1S/C48H45Cl2N3O8S/c1-48(28-50)29-53(39-25-42(61-58)35-7-3-5-9-37(35)47(39)48)44(56)14-11-30-10-12-31(41(22-30)60-21-20-59-19-18-51-27-33(62)23-45(51)57)13-15-43(55)52-26-32(16-17-49)46-36-8-4-2-6-34(36)40(54)24-38(46)52/h2-17,22,24-25,32-33,54,58,62H,18-21,23,26-29H2,1H3/b14-11+,15-13+,17-16+. The number of carbonyl (C=O) groups is 3. The lowest BCUT2D eigenvalue weighted by Gasteiger charge is -2.23. The summed E-state index contributed by atoms with van der Waals surface area (Å²) in [6.07, 6.45) is 8.57. The molecule has 8 rings (SSSR count). The van der Waals surface area contributed by atoms with Crippen LogP contribution in [0.5, 0.6) is 17.2 Å². The lowest BCUT2D eigenvalue weighted by molar-refractivity contribution is -0.136. The van der Waals surface area contributed by atoms with Crippen LogP contribution in [0.1, 0.15) is 41.5 Å². The molecule has 2 N–H and O–H groups in total. The first-order chi connectivity index (χ1) is 30.0. The number of ether oxygens (including phenoxy) is 2. The van der Waals surface area contributed by atoms with Gasteiger partial charge in [0, 0.05) is 101 Å². The van der Waals surface area contributed by atoms with Crippen molar-refractivity contribution in [1.29, 1.82) is 0 Å². The minimum Gasteiger partial charge on any atom is -0.507 e. The maximum Gasteiger partial charge on any atom is 0.251 e. The molecule has 3 heterocycles. The second-order valence-corrected chi connectivity index (χ2v) is 17.1. The normalized spacial score (nSPS) is 19.8. The largest absolute Gasteiger partial charge is 0.507 e. The first kappa shape index (κ1) is 43.2. The number of benzene rings is 5. The van der Waals surface area contributed by atoms with Gasteiger partial charge in [-0.05, 0) is 45.7 Å². The summed E-state index contributed by atoms with van der Waals surface area (Å²) in [6.45, 7) is 4.48. The van der Waals surface area contributed by atoms with Gasteiger partial charge in [0.1, 0.15) is 18.1 Å². The van der Waals surface area contributed by atoms with E-state index in [1.807, 2.05) is 67.6 Å². The Bertz CT molecular complexity index is 2650. The average molecular weight is 895 g/mol. The zero-order valence-corrected chi connectivity index (χ0v) is 36.3. The molecule has 0 spiro atoms. The molecule has 0 radical (unpaired) electrons. The number of anilines is 2. The highest BCUT2D eigenvalue weighted by Gasteiger charge is 2.42. The molecule has 3 aliphatic heterocycles. The number of thiol groups is 1.